The molecule has 98 heavy (non-hydrogen) atoms. The maximum atomic E-state index is 13.1. The molecule has 3 N–H and O–H groups in total. The summed E-state index contributed by atoms with van der Waals surface area (Å²) in [5, 5.41) is 10.6. The Balaban J connectivity index is 5.39. The second-order valence-corrected chi connectivity index (χ2v) is 28.5. The fourth-order valence-electron chi connectivity index (χ4n) is 10.2. The highest BCUT2D eigenvalue weighted by atomic mass is 31.2. The third-order valence-corrected chi connectivity index (χ3v) is 17.9. The number of allylic oxidation sites excluding steroid dienone is 16. The van der Waals surface area contributed by atoms with E-state index in [2.05, 4.69) is 107 Å². The fraction of sp³-hybridized carbons (Fsp3) is 0.747. The minimum atomic E-state index is -4.99. The molecule has 5 atom stereocenters. The molecule has 566 valence electrons. The van der Waals surface area contributed by atoms with Gasteiger partial charge in [0, 0.05) is 25.7 Å². The molecule has 0 aromatic carbocycles. The van der Waals surface area contributed by atoms with E-state index in [9.17, 15) is 43.2 Å². The normalized spacial score (nSPS) is 14.5. The van der Waals surface area contributed by atoms with Crippen LogP contribution in [-0.2, 0) is 65.4 Å². The summed E-state index contributed by atoms with van der Waals surface area (Å²) in [6, 6.07) is 0. The number of unbranched alkanes of at least 4 members (excludes halogenated alkanes) is 30. The summed E-state index contributed by atoms with van der Waals surface area (Å²) < 4.78 is 68.4. The third kappa shape index (κ3) is 70.4. The van der Waals surface area contributed by atoms with Crippen LogP contribution in [0.4, 0.5) is 0 Å². The number of phosphoric acid groups is 2. The first-order valence-corrected chi connectivity index (χ1v) is 41.5. The summed E-state index contributed by atoms with van der Waals surface area (Å²) >= 11 is 0. The fourth-order valence-corrected chi connectivity index (χ4v) is 11.8. The Morgan fingerprint density at radius 3 is 0.888 bits per heavy atom. The quantitative estimate of drug-likeness (QED) is 0.0169. The van der Waals surface area contributed by atoms with E-state index in [1.54, 1.807) is 0 Å². The lowest BCUT2D eigenvalue weighted by Crippen LogP contribution is -2.30. The largest absolute Gasteiger partial charge is 0.472 e. The van der Waals surface area contributed by atoms with Crippen LogP contribution in [0.2, 0.25) is 0 Å². The summed E-state index contributed by atoms with van der Waals surface area (Å²) in [7, 11) is -9.96. The predicted molar refractivity (Wildman–Crippen MR) is 399 cm³/mol. The predicted octanol–water partition coefficient (Wildman–Crippen LogP) is 22.0. The molecule has 0 aliphatic heterocycles. The van der Waals surface area contributed by atoms with Crippen LogP contribution in [0.1, 0.15) is 323 Å². The maximum absolute atomic E-state index is 13.1. The minimum Gasteiger partial charge on any atom is -0.462 e. The zero-order valence-corrected chi connectivity index (χ0v) is 63.5. The first-order valence-electron chi connectivity index (χ1n) is 38.5. The molecular weight excluding hydrogens is 1280 g/mol. The van der Waals surface area contributed by atoms with Gasteiger partial charge in [-0.25, -0.2) is 9.13 Å². The summed E-state index contributed by atoms with van der Waals surface area (Å²) in [5.74, 6) is -2.28. The molecule has 0 bridgehead atoms. The van der Waals surface area contributed by atoms with Crippen molar-refractivity contribution in [3.8, 4) is 0 Å². The van der Waals surface area contributed by atoms with Crippen LogP contribution >= 0.6 is 15.6 Å². The van der Waals surface area contributed by atoms with Gasteiger partial charge in [-0.1, -0.05) is 279 Å². The summed E-state index contributed by atoms with van der Waals surface area (Å²) in [5.41, 5.74) is 0. The average molecular weight is 1420 g/mol. The molecule has 0 saturated carbocycles. The van der Waals surface area contributed by atoms with Gasteiger partial charge in [-0.3, -0.25) is 37.3 Å². The lowest BCUT2D eigenvalue weighted by molar-refractivity contribution is -0.161. The lowest BCUT2D eigenvalue weighted by atomic mass is 10.0. The van der Waals surface area contributed by atoms with Crippen LogP contribution in [0.5, 0.6) is 0 Å². The number of carbonyl (C=O) groups is 4. The lowest BCUT2D eigenvalue weighted by Gasteiger charge is -2.21. The van der Waals surface area contributed by atoms with Gasteiger partial charge in [0.2, 0.25) is 0 Å². The molecule has 0 spiro atoms. The van der Waals surface area contributed by atoms with Gasteiger partial charge >= 0.3 is 39.5 Å². The highest BCUT2D eigenvalue weighted by Gasteiger charge is 2.30. The molecule has 0 fully saturated rings. The van der Waals surface area contributed by atoms with Gasteiger partial charge in [0.1, 0.15) is 19.3 Å². The van der Waals surface area contributed by atoms with Crippen molar-refractivity contribution in [2.45, 2.75) is 341 Å². The second-order valence-electron chi connectivity index (χ2n) is 25.6. The zero-order chi connectivity index (χ0) is 71.8. The van der Waals surface area contributed by atoms with Gasteiger partial charge in [0.15, 0.2) is 12.2 Å². The van der Waals surface area contributed by atoms with Crippen molar-refractivity contribution in [3.63, 3.8) is 0 Å². The molecule has 19 heteroatoms. The summed E-state index contributed by atoms with van der Waals surface area (Å²) in [6.45, 7) is 4.65. The van der Waals surface area contributed by atoms with Crippen molar-refractivity contribution in [1.29, 1.82) is 0 Å². The Labute approximate surface area is 595 Å². The van der Waals surface area contributed by atoms with Crippen LogP contribution in [0.15, 0.2) is 97.2 Å². The van der Waals surface area contributed by atoms with Gasteiger partial charge < -0.3 is 33.8 Å². The Morgan fingerprint density at radius 2 is 0.551 bits per heavy atom. The highest BCUT2D eigenvalue weighted by molar-refractivity contribution is 7.47. The third-order valence-electron chi connectivity index (χ3n) is 16.0. The van der Waals surface area contributed by atoms with Crippen molar-refractivity contribution in [2.75, 3.05) is 39.6 Å². The van der Waals surface area contributed by atoms with Crippen molar-refractivity contribution in [2.24, 2.45) is 0 Å². The van der Waals surface area contributed by atoms with Crippen molar-refractivity contribution >= 4 is 39.5 Å². The van der Waals surface area contributed by atoms with E-state index in [0.717, 1.165) is 128 Å². The van der Waals surface area contributed by atoms with Crippen LogP contribution in [0, 0.1) is 0 Å². The Bertz CT molecular complexity index is 2240. The zero-order valence-electron chi connectivity index (χ0n) is 61.7. The van der Waals surface area contributed by atoms with Crippen LogP contribution in [0.25, 0.3) is 0 Å². The molecule has 0 aromatic rings. The van der Waals surface area contributed by atoms with Gasteiger partial charge in [-0.2, -0.15) is 0 Å². The Morgan fingerprint density at radius 1 is 0.296 bits per heavy atom. The van der Waals surface area contributed by atoms with Gasteiger partial charge in [-0.15, -0.1) is 0 Å². The standard InChI is InChI=1S/C79H138O17P2/c1-5-9-13-17-21-25-29-33-34-35-36-37-38-42-44-48-52-56-60-64-77(82)90-70-75(96-79(84)66-62-58-54-50-46-41-32-28-24-20-16-12-8-4)72-94-98(87,88)92-68-73(80)67-91-97(85,86)93-71-74(95-78(83)65-61-57-53-49-45-40-31-27-23-19-15-11-7-3)69-89-76(81)63-59-55-51-47-43-39-30-26-22-18-14-10-6-2/h9,13,21,25,27-28,31-34,36-37,42,44,52,56,73-75,80H,5-8,10-12,14-20,22-24,26,29-30,35,38-41,43,45-51,53-55,57-72H2,1-4H3,(H,85,86)(H,87,88)/b13-9-,25-21-,31-27-,32-28-,34-33-,37-36-,44-42-,56-52-/t73-,74+,75+/m0/s1. The van der Waals surface area contributed by atoms with Crippen molar-refractivity contribution in [1.82, 2.24) is 0 Å². The SMILES string of the molecule is CC/C=C\C/C=C\C/C=C\C/C=C\C/C=C\C/C=C\CCC(=O)OC[C@H](COP(=O)(O)OC[C@@H](O)COP(=O)(O)OC[C@@H](COC(=O)CCCCCCCCCCCCCCC)OC(=O)CCCCCCC/C=C\CCCCCC)OC(=O)CCCCCCC/C=C\CCCCCC. The van der Waals surface area contributed by atoms with E-state index in [1.165, 1.54) is 109 Å². The molecule has 0 heterocycles. The molecule has 0 amide bonds. The number of phosphoric ester groups is 2. The van der Waals surface area contributed by atoms with E-state index >= 15 is 0 Å². The number of aliphatic hydroxyl groups excluding tert-OH is 1. The first kappa shape index (κ1) is 94.0. The summed E-state index contributed by atoms with van der Waals surface area (Å²) in [6.07, 6.45) is 74.1. The number of hydrogen-bond acceptors (Lipinski definition) is 15. The number of carbonyl (C=O) groups excluding carboxylic acids is 4. The highest BCUT2D eigenvalue weighted by Crippen LogP contribution is 2.45. The van der Waals surface area contributed by atoms with Gasteiger partial charge in [-0.05, 0) is 116 Å². The van der Waals surface area contributed by atoms with E-state index in [1.807, 2.05) is 18.2 Å². The molecule has 0 aliphatic carbocycles. The van der Waals surface area contributed by atoms with Crippen molar-refractivity contribution < 1.29 is 80.2 Å². The summed E-state index contributed by atoms with van der Waals surface area (Å²) in [4.78, 5) is 72.8. The first-order chi connectivity index (χ1) is 47.7. The van der Waals surface area contributed by atoms with E-state index in [4.69, 9.17) is 37.0 Å². The Hall–Kier alpha value is -4.02. The molecule has 0 saturated heterocycles. The number of rotatable bonds is 72. The number of esters is 4. The molecule has 17 nitrogen and oxygen atoms in total. The van der Waals surface area contributed by atoms with Crippen LogP contribution in [0.3, 0.4) is 0 Å². The number of ether oxygens (including phenoxy) is 4. The Kier molecular flexibility index (Phi) is 68.4. The van der Waals surface area contributed by atoms with Crippen LogP contribution < -0.4 is 0 Å². The van der Waals surface area contributed by atoms with E-state index < -0.39 is 97.5 Å². The molecule has 0 radical (unpaired) electrons. The number of hydrogen-bond donors (Lipinski definition) is 3. The maximum Gasteiger partial charge on any atom is 0.472 e. The van der Waals surface area contributed by atoms with E-state index in [-0.39, 0.29) is 25.7 Å². The van der Waals surface area contributed by atoms with E-state index in [0.29, 0.717) is 32.1 Å². The van der Waals surface area contributed by atoms with Crippen LogP contribution in [-0.4, -0.2) is 96.7 Å². The molecule has 0 rings (SSSR count). The topological polar surface area (TPSA) is 237 Å². The smallest absolute Gasteiger partial charge is 0.462 e. The molecular formula is C79H138O17P2. The van der Waals surface area contributed by atoms with Crippen molar-refractivity contribution in [3.05, 3.63) is 97.2 Å². The average Bonchev–Trinajstić information content (AvgIpc) is 0.966. The molecule has 2 unspecified atom stereocenters. The molecule has 0 aliphatic rings. The van der Waals surface area contributed by atoms with Gasteiger partial charge in [0.25, 0.3) is 0 Å². The van der Waals surface area contributed by atoms with Gasteiger partial charge in [0.05, 0.1) is 26.4 Å². The minimum absolute atomic E-state index is 0.0348. The molecule has 0 aromatic heterocycles. The monoisotopic (exact) mass is 1420 g/mol. The number of aliphatic hydroxyl groups is 1. The second kappa shape index (κ2) is 71.4.